The van der Waals surface area contributed by atoms with Crippen LogP contribution in [0.2, 0.25) is 0 Å². The molecule has 1 aliphatic heterocycles. The van der Waals surface area contributed by atoms with Gasteiger partial charge in [0.1, 0.15) is 5.69 Å². The van der Waals surface area contributed by atoms with Crippen LogP contribution in [0.3, 0.4) is 0 Å². The zero-order chi connectivity index (χ0) is 16.2. The van der Waals surface area contributed by atoms with E-state index in [0.717, 1.165) is 32.6 Å². The second-order valence-electron chi connectivity index (χ2n) is 6.60. The van der Waals surface area contributed by atoms with Crippen molar-refractivity contribution in [1.82, 2.24) is 15.2 Å². The molecule has 4 nitrogen and oxygen atoms in total. The van der Waals surface area contributed by atoms with Crippen LogP contribution in [0.15, 0.2) is 36.5 Å². The Balaban J connectivity index is 1.46. The van der Waals surface area contributed by atoms with E-state index in [2.05, 4.69) is 47.2 Å². The molecule has 1 fully saturated rings. The number of rotatable bonds is 5. The number of hydrogen-bond donors (Lipinski definition) is 2. The van der Waals surface area contributed by atoms with Crippen molar-refractivity contribution in [2.24, 2.45) is 5.92 Å². The van der Waals surface area contributed by atoms with Gasteiger partial charge in [-0.2, -0.15) is 0 Å². The van der Waals surface area contributed by atoms with Crippen molar-refractivity contribution < 1.29 is 4.79 Å². The molecular weight excluding hydrogens is 286 g/mol. The molecule has 23 heavy (non-hydrogen) atoms. The van der Waals surface area contributed by atoms with Crippen LogP contribution in [0.25, 0.3) is 0 Å². The number of H-pyrrole nitrogens is 1. The number of hydrogen-bond acceptors (Lipinski definition) is 2. The van der Waals surface area contributed by atoms with Crippen molar-refractivity contribution in [3.8, 4) is 0 Å². The lowest BCUT2D eigenvalue weighted by atomic mass is 10.1. The molecule has 1 aromatic carbocycles. The second-order valence-corrected chi connectivity index (χ2v) is 6.60. The highest BCUT2D eigenvalue weighted by atomic mass is 16.1. The summed E-state index contributed by atoms with van der Waals surface area (Å²) in [6.07, 6.45) is 2.92. The molecule has 0 bridgehead atoms. The Hall–Kier alpha value is -2.07. The maximum Gasteiger partial charge on any atom is 0.267 e. The number of benzene rings is 1. The summed E-state index contributed by atoms with van der Waals surface area (Å²) in [5.41, 5.74) is 4.72. The number of aryl methyl sites for hydroxylation is 2. The van der Waals surface area contributed by atoms with Gasteiger partial charge in [-0.1, -0.05) is 18.2 Å². The van der Waals surface area contributed by atoms with Crippen LogP contribution < -0.4 is 5.32 Å². The number of nitrogens with one attached hydrogen (secondary N) is 2. The molecule has 0 saturated carbocycles. The van der Waals surface area contributed by atoms with Crippen LogP contribution >= 0.6 is 0 Å². The zero-order valence-corrected chi connectivity index (χ0v) is 13.9. The van der Waals surface area contributed by atoms with Crippen molar-refractivity contribution in [2.75, 3.05) is 19.6 Å². The Morgan fingerprint density at radius 3 is 2.91 bits per heavy atom. The molecule has 0 radical (unpaired) electrons. The molecule has 1 atom stereocenters. The van der Waals surface area contributed by atoms with E-state index in [1.165, 1.54) is 16.7 Å². The van der Waals surface area contributed by atoms with Crippen LogP contribution in [-0.2, 0) is 6.54 Å². The summed E-state index contributed by atoms with van der Waals surface area (Å²) in [5, 5.41) is 3.03. The summed E-state index contributed by atoms with van der Waals surface area (Å²) in [6, 6.07) is 10.4. The van der Waals surface area contributed by atoms with E-state index in [-0.39, 0.29) is 5.91 Å². The van der Waals surface area contributed by atoms with E-state index in [0.29, 0.717) is 11.6 Å². The molecule has 0 aliphatic carbocycles. The predicted molar refractivity (Wildman–Crippen MR) is 92.4 cm³/mol. The first-order chi connectivity index (χ1) is 11.1. The summed E-state index contributed by atoms with van der Waals surface area (Å²) in [6.45, 7) is 8.23. The van der Waals surface area contributed by atoms with Gasteiger partial charge in [0.2, 0.25) is 0 Å². The van der Waals surface area contributed by atoms with E-state index in [1.807, 2.05) is 6.07 Å². The van der Waals surface area contributed by atoms with Crippen LogP contribution in [0.5, 0.6) is 0 Å². The van der Waals surface area contributed by atoms with Gasteiger partial charge in [0.15, 0.2) is 0 Å². The highest BCUT2D eigenvalue weighted by Crippen LogP contribution is 2.19. The van der Waals surface area contributed by atoms with Gasteiger partial charge >= 0.3 is 0 Å². The summed E-state index contributed by atoms with van der Waals surface area (Å²) in [7, 11) is 0. The summed E-state index contributed by atoms with van der Waals surface area (Å²) in [4.78, 5) is 17.4. The molecule has 1 aliphatic rings. The van der Waals surface area contributed by atoms with Crippen molar-refractivity contribution in [2.45, 2.75) is 26.8 Å². The summed E-state index contributed by atoms with van der Waals surface area (Å²) < 4.78 is 0. The van der Waals surface area contributed by atoms with Crippen LogP contribution in [0, 0.1) is 19.8 Å². The summed E-state index contributed by atoms with van der Waals surface area (Å²) in [5.74, 6) is 0.531. The highest BCUT2D eigenvalue weighted by molar-refractivity contribution is 5.92. The molecule has 2 heterocycles. The van der Waals surface area contributed by atoms with Gasteiger partial charge in [-0.15, -0.1) is 0 Å². The average Bonchev–Trinajstić information content (AvgIpc) is 3.20. The van der Waals surface area contributed by atoms with Gasteiger partial charge in [-0.3, -0.25) is 9.69 Å². The lowest BCUT2D eigenvalue weighted by Crippen LogP contribution is -2.31. The fourth-order valence-electron chi connectivity index (χ4n) is 3.19. The molecule has 1 aromatic heterocycles. The first-order valence-electron chi connectivity index (χ1n) is 8.32. The van der Waals surface area contributed by atoms with E-state index in [9.17, 15) is 4.79 Å². The minimum atomic E-state index is -0.0115. The third kappa shape index (κ3) is 4.02. The standard InChI is InChI=1S/C19H25N3O/c1-14-5-6-16(10-15(14)2)12-22-9-7-17(13-22)11-21-19(23)18-4-3-8-20-18/h3-6,8,10,17,20H,7,9,11-13H2,1-2H3,(H,21,23)/t17-/m0/s1. The van der Waals surface area contributed by atoms with E-state index in [1.54, 1.807) is 12.3 Å². The third-order valence-corrected chi connectivity index (χ3v) is 4.74. The van der Waals surface area contributed by atoms with Gasteiger partial charge in [-0.05, 0) is 61.6 Å². The summed E-state index contributed by atoms with van der Waals surface area (Å²) >= 11 is 0. The van der Waals surface area contributed by atoms with Gasteiger partial charge in [0.25, 0.3) is 5.91 Å². The van der Waals surface area contributed by atoms with E-state index >= 15 is 0 Å². The van der Waals surface area contributed by atoms with Crippen molar-refractivity contribution in [3.63, 3.8) is 0 Å². The minimum absolute atomic E-state index is 0.0115. The molecule has 1 amide bonds. The zero-order valence-electron chi connectivity index (χ0n) is 13.9. The normalized spacial score (nSPS) is 18.3. The first kappa shape index (κ1) is 15.8. The van der Waals surface area contributed by atoms with Gasteiger partial charge < -0.3 is 10.3 Å². The lowest BCUT2D eigenvalue weighted by Gasteiger charge is -2.17. The van der Waals surface area contributed by atoms with Crippen LogP contribution in [0.1, 0.15) is 33.6 Å². The molecule has 2 N–H and O–H groups in total. The number of aromatic amines is 1. The maximum atomic E-state index is 11.9. The number of aromatic nitrogens is 1. The fraction of sp³-hybridized carbons (Fsp3) is 0.421. The fourth-order valence-corrected chi connectivity index (χ4v) is 3.19. The van der Waals surface area contributed by atoms with Gasteiger partial charge in [-0.25, -0.2) is 0 Å². The molecule has 4 heteroatoms. The first-order valence-corrected chi connectivity index (χ1v) is 8.32. The highest BCUT2D eigenvalue weighted by Gasteiger charge is 2.23. The Morgan fingerprint density at radius 2 is 2.17 bits per heavy atom. The molecule has 1 saturated heterocycles. The number of amides is 1. The number of carbonyl (C=O) groups is 1. The molecule has 0 unspecified atom stereocenters. The number of carbonyl (C=O) groups excluding carboxylic acids is 1. The minimum Gasteiger partial charge on any atom is -0.357 e. The number of nitrogens with zero attached hydrogens (tertiary/aromatic N) is 1. The monoisotopic (exact) mass is 311 g/mol. The predicted octanol–water partition coefficient (Wildman–Crippen LogP) is 2.88. The Morgan fingerprint density at radius 1 is 1.30 bits per heavy atom. The number of likely N-dealkylation sites (tertiary alicyclic amines) is 1. The second kappa shape index (κ2) is 7.01. The van der Waals surface area contributed by atoms with Crippen LogP contribution in [-0.4, -0.2) is 35.4 Å². The molecule has 2 aromatic rings. The van der Waals surface area contributed by atoms with Crippen molar-refractivity contribution in [1.29, 1.82) is 0 Å². The topological polar surface area (TPSA) is 48.1 Å². The molecular formula is C19H25N3O. The maximum absolute atomic E-state index is 11.9. The third-order valence-electron chi connectivity index (χ3n) is 4.74. The largest absolute Gasteiger partial charge is 0.357 e. The van der Waals surface area contributed by atoms with Gasteiger partial charge in [0, 0.05) is 25.8 Å². The van der Waals surface area contributed by atoms with Crippen LogP contribution in [0.4, 0.5) is 0 Å². The molecule has 122 valence electrons. The van der Waals surface area contributed by atoms with Crippen molar-refractivity contribution >= 4 is 5.91 Å². The Labute approximate surface area is 137 Å². The SMILES string of the molecule is Cc1ccc(CN2CC[C@@H](CNC(=O)c3ccc[nH]3)C2)cc1C. The Kier molecular flexibility index (Phi) is 4.82. The van der Waals surface area contributed by atoms with Crippen molar-refractivity contribution in [3.05, 3.63) is 58.9 Å². The smallest absolute Gasteiger partial charge is 0.267 e. The van der Waals surface area contributed by atoms with E-state index < -0.39 is 0 Å². The molecule has 0 spiro atoms. The van der Waals surface area contributed by atoms with Gasteiger partial charge in [0.05, 0.1) is 0 Å². The average molecular weight is 311 g/mol. The Bertz CT molecular complexity index is 663. The molecule has 3 rings (SSSR count). The lowest BCUT2D eigenvalue weighted by molar-refractivity contribution is 0.0943. The van der Waals surface area contributed by atoms with E-state index in [4.69, 9.17) is 0 Å². The quantitative estimate of drug-likeness (QED) is 0.892.